The number of hydrogen-bond acceptors (Lipinski definition) is 4. The highest BCUT2D eigenvalue weighted by Crippen LogP contribution is 2.17. The van der Waals surface area contributed by atoms with Gasteiger partial charge in [-0.15, -0.1) is 0 Å². The number of nitrogen functional groups attached to an aromatic ring is 1. The Morgan fingerprint density at radius 2 is 2.05 bits per heavy atom. The van der Waals surface area contributed by atoms with E-state index in [0.29, 0.717) is 23.4 Å². The second kappa shape index (κ2) is 6.55. The SMILES string of the molecule is CN(Cc1cccc(C#N)c1)C(=O)c1ccccc1NN. The lowest BCUT2D eigenvalue weighted by Gasteiger charge is -2.19. The maximum absolute atomic E-state index is 12.4. The van der Waals surface area contributed by atoms with Crippen LogP contribution in [0.5, 0.6) is 0 Å². The largest absolute Gasteiger partial charge is 0.337 e. The molecule has 0 aliphatic rings. The molecule has 0 aliphatic carbocycles. The second-order valence-corrected chi connectivity index (χ2v) is 4.66. The third-order valence-corrected chi connectivity index (χ3v) is 3.14. The molecule has 5 nitrogen and oxygen atoms in total. The highest BCUT2D eigenvalue weighted by Gasteiger charge is 2.15. The van der Waals surface area contributed by atoms with Gasteiger partial charge in [0.25, 0.3) is 5.91 Å². The van der Waals surface area contributed by atoms with E-state index in [0.717, 1.165) is 5.56 Å². The number of nitriles is 1. The third-order valence-electron chi connectivity index (χ3n) is 3.14. The highest BCUT2D eigenvalue weighted by atomic mass is 16.2. The number of carbonyl (C=O) groups excluding carboxylic acids is 1. The van der Waals surface area contributed by atoms with Crippen molar-refractivity contribution in [2.45, 2.75) is 6.54 Å². The van der Waals surface area contributed by atoms with E-state index in [1.54, 1.807) is 42.3 Å². The van der Waals surface area contributed by atoms with Crippen molar-refractivity contribution in [1.82, 2.24) is 4.90 Å². The lowest BCUT2D eigenvalue weighted by molar-refractivity contribution is 0.0786. The van der Waals surface area contributed by atoms with Crippen LogP contribution in [-0.4, -0.2) is 17.9 Å². The molecule has 3 N–H and O–H groups in total. The molecular weight excluding hydrogens is 264 g/mol. The van der Waals surface area contributed by atoms with Crippen molar-refractivity contribution >= 4 is 11.6 Å². The van der Waals surface area contributed by atoms with Crippen molar-refractivity contribution in [2.24, 2.45) is 5.84 Å². The smallest absolute Gasteiger partial charge is 0.256 e. The van der Waals surface area contributed by atoms with Gasteiger partial charge in [-0.05, 0) is 29.8 Å². The topological polar surface area (TPSA) is 82.2 Å². The molecule has 2 aromatic carbocycles. The predicted octanol–water partition coefficient (Wildman–Crippen LogP) is 2.12. The van der Waals surface area contributed by atoms with Crippen LogP contribution in [0.2, 0.25) is 0 Å². The maximum Gasteiger partial charge on any atom is 0.256 e. The van der Waals surface area contributed by atoms with Gasteiger partial charge in [0.15, 0.2) is 0 Å². The fraction of sp³-hybridized carbons (Fsp3) is 0.125. The zero-order valence-corrected chi connectivity index (χ0v) is 11.7. The summed E-state index contributed by atoms with van der Waals surface area (Å²) >= 11 is 0. The predicted molar refractivity (Wildman–Crippen MR) is 81.2 cm³/mol. The van der Waals surface area contributed by atoms with Crippen LogP contribution in [0.4, 0.5) is 5.69 Å². The third kappa shape index (κ3) is 3.38. The van der Waals surface area contributed by atoms with Crippen LogP contribution >= 0.6 is 0 Å². The first kappa shape index (κ1) is 14.6. The molecule has 0 fully saturated rings. The van der Waals surface area contributed by atoms with Crippen LogP contribution in [0.3, 0.4) is 0 Å². The number of carbonyl (C=O) groups is 1. The van der Waals surface area contributed by atoms with Gasteiger partial charge in [-0.1, -0.05) is 24.3 Å². The summed E-state index contributed by atoms with van der Waals surface area (Å²) in [6.45, 7) is 0.424. The van der Waals surface area contributed by atoms with Crippen molar-refractivity contribution in [3.05, 3.63) is 65.2 Å². The average Bonchev–Trinajstić information content (AvgIpc) is 2.54. The zero-order chi connectivity index (χ0) is 15.2. The van der Waals surface area contributed by atoms with Crippen molar-refractivity contribution in [3.63, 3.8) is 0 Å². The highest BCUT2D eigenvalue weighted by molar-refractivity contribution is 5.99. The van der Waals surface area contributed by atoms with E-state index in [9.17, 15) is 4.79 Å². The summed E-state index contributed by atoms with van der Waals surface area (Å²) in [5.74, 6) is 5.29. The standard InChI is InChI=1S/C16H16N4O/c1-20(11-13-6-4-5-12(9-13)10-17)16(21)14-7-2-3-8-15(14)19-18/h2-9,19H,11,18H2,1H3. The molecule has 0 radical (unpaired) electrons. The molecule has 0 unspecified atom stereocenters. The molecule has 0 aromatic heterocycles. The lowest BCUT2D eigenvalue weighted by atomic mass is 10.1. The van der Waals surface area contributed by atoms with Gasteiger partial charge in [-0.2, -0.15) is 5.26 Å². The average molecular weight is 280 g/mol. The van der Waals surface area contributed by atoms with Crippen LogP contribution in [0.15, 0.2) is 48.5 Å². The number of nitrogens with one attached hydrogen (secondary N) is 1. The van der Waals surface area contributed by atoms with Crippen LogP contribution in [0.25, 0.3) is 0 Å². The first-order valence-electron chi connectivity index (χ1n) is 6.46. The van der Waals surface area contributed by atoms with Gasteiger partial charge in [-0.3, -0.25) is 10.6 Å². The maximum atomic E-state index is 12.4. The van der Waals surface area contributed by atoms with Gasteiger partial charge < -0.3 is 10.3 Å². The number of para-hydroxylation sites is 1. The Balaban J connectivity index is 2.18. The number of anilines is 1. The molecule has 2 aromatic rings. The first-order chi connectivity index (χ1) is 10.2. The minimum absolute atomic E-state index is 0.133. The number of hydrogen-bond donors (Lipinski definition) is 2. The molecule has 0 bridgehead atoms. The summed E-state index contributed by atoms with van der Waals surface area (Å²) in [6, 6.07) is 16.4. The van der Waals surface area contributed by atoms with Gasteiger partial charge in [0.2, 0.25) is 0 Å². The van der Waals surface area contributed by atoms with E-state index in [2.05, 4.69) is 11.5 Å². The second-order valence-electron chi connectivity index (χ2n) is 4.66. The van der Waals surface area contributed by atoms with Gasteiger partial charge in [0.1, 0.15) is 0 Å². The van der Waals surface area contributed by atoms with Crippen LogP contribution in [0, 0.1) is 11.3 Å². The molecule has 1 amide bonds. The number of rotatable bonds is 4. The summed E-state index contributed by atoms with van der Waals surface area (Å²) in [6.07, 6.45) is 0. The molecule has 0 aliphatic heterocycles. The Labute approximate surface area is 123 Å². The Bertz CT molecular complexity index is 691. The summed E-state index contributed by atoms with van der Waals surface area (Å²) in [5, 5.41) is 8.90. The molecular formula is C16H16N4O. The molecule has 106 valence electrons. The van der Waals surface area contributed by atoms with Gasteiger partial charge >= 0.3 is 0 Å². The molecule has 5 heteroatoms. The van der Waals surface area contributed by atoms with Crippen molar-refractivity contribution in [2.75, 3.05) is 12.5 Å². The number of amides is 1. The fourth-order valence-corrected chi connectivity index (χ4v) is 2.09. The fourth-order valence-electron chi connectivity index (χ4n) is 2.09. The molecule has 0 atom stereocenters. The summed E-state index contributed by atoms with van der Waals surface area (Å²) < 4.78 is 0. The Morgan fingerprint density at radius 3 is 2.76 bits per heavy atom. The van der Waals surface area contributed by atoms with Crippen molar-refractivity contribution < 1.29 is 4.79 Å². The van der Waals surface area contributed by atoms with E-state index >= 15 is 0 Å². The molecule has 21 heavy (non-hydrogen) atoms. The van der Waals surface area contributed by atoms with E-state index in [1.807, 2.05) is 18.2 Å². The Hall–Kier alpha value is -2.84. The normalized spacial score (nSPS) is 9.76. The van der Waals surface area contributed by atoms with E-state index in [4.69, 9.17) is 11.1 Å². The van der Waals surface area contributed by atoms with Crippen LogP contribution in [0.1, 0.15) is 21.5 Å². The van der Waals surface area contributed by atoms with Crippen molar-refractivity contribution in [1.29, 1.82) is 5.26 Å². The van der Waals surface area contributed by atoms with Crippen LogP contribution < -0.4 is 11.3 Å². The number of nitrogens with two attached hydrogens (primary N) is 1. The van der Waals surface area contributed by atoms with Gasteiger partial charge in [0.05, 0.1) is 22.9 Å². The van der Waals surface area contributed by atoms with E-state index < -0.39 is 0 Å². The van der Waals surface area contributed by atoms with E-state index in [-0.39, 0.29) is 5.91 Å². The van der Waals surface area contributed by atoms with Gasteiger partial charge in [0, 0.05) is 13.6 Å². The van der Waals surface area contributed by atoms with Crippen LogP contribution in [-0.2, 0) is 6.54 Å². The quantitative estimate of drug-likeness (QED) is 0.664. The van der Waals surface area contributed by atoms with E-state index in [1.165, 1.54) is 0 Å². The Morgan fingerprint density at radius 1 is 1.29 bits per heavy atom. The molecule has 2 rings (SSSR count). The number of benzene rings is 2. The summed E-state index contributed by atoms with van der Waals surface area (Å²) in [7, 11) is 1.72. The number of nitrogens with zero attached hydrogens (tertiary/aromatic N) is 2. The van der Waals surface area contributed by atoms with Gasteiger partial charge in [-0.25, -0.2) is 0 Å². The molecule has 0 heterocycles. The minimum Gasteiger partial charge on any atom is -0.337 e. The molecule has 0 saturated carbocycles. The first-order valence-corrected chi connectivity index (χ1v) is 6.46. The molecule has 0 spiro atoms. The number of hydrazine groups is 1. The summed E-state index contributed by atoms with van der Waals surface area (Å²) in [5.41, 5.74) is 5.11. The monoisotopic (exact) mass is 280 g/mol. The minimum atomic E-state index is -0.133. The summed E-state index contributed by atoms with van der Waals surface area (Å²) in [4.78, 5) is 14.0. The zero-order valence-electron chi connectivity index (χ0n) is 11.7. The lowest BCUT2D eigenvalue weighted by Crippen LogP contribution is -2.27. The Kier molecular flexibility index (Phi) is 4.54. The van der Waals surface area contributed by atoms with Crippen molar-refractivity contribution in [3.8, 4) is 6.07 Å². The molecule has 0 saturated heterocycles.